The molecule has 0 amide bonds. The van der Waals surface area contributed by atoms with Gasteiger partial charge in [0.2, 0.25) is 10.0 Å². The topological polar surface area (TPSA) is 74.6 Å². The molecule has 1 rings (SSSR count). The van der Waals surface area contributed by atoms with Crippen molar-refractivity contribution in [3.05, 3.63) is 17.6 Å². The average Bonchev–Trinajstić information content (AvgIpc) is 2.67. The van der Waals surface area contributed by atoms with E-state index < -0.39 is 10.0 Å². The fourth-order valence-corrected chi connectivity index (χ4v) is 3.01. The second-order valence-corrected chi connectivity index (χ2v) is 6.45. The fourth-order valence-electron chi connectivity index (χ4n) is 1.73. The maximum atomic E-state index is 12.1. The van der Waals surface area contributed by atoms with Gasteiger partial charge in [-0.25, -0.2) is 13.1 Å². The van der Waals surface area contributed by atoms with Crippen molar-refractivity contribution in [2.75, 3.05) is 34.2 Å². The molecule has 2 N–H and O–H groups in total. The Balaban J connectivity index is 2.66. The van der Waals surface area contributed by atoms with Crippen molar-refractivity contribution in [1.82, 2.24) is 14.9 Å². The predicted molar refractivity (Wildman–Crippen MR) is 74.6 cm³/mol. The number of nitrogens with zero attached hydrogens (tertiary/aromatic N) is 1. The van der Waals surface area contributed by atoms with Crippen LogP contribution in [0.5, 0.6) is 0 Å². The highest BCUT2D eigenvalue weighted by Crippen LogP contribution is 2.19. The smallest absolute Gasteiger partial charge is 0.244 e. The molecule has 1 aromatic rings. The lowest BCUT2D eigenvalue weighted by Gasteiger charge is -2.09. The Morgan fingerprint density at radius 3 is 2.63 bits per heavy atom. The summed E-state index contributed by atoms with van der Waals surface area (Å²) in [6.07, 6.45) is 0.770. The van der Waals surface area contributed by atoms with Gasteiger partial charge in [0, 0.05) is 12.6 Å². The van der Waals surface area contributed by atoms with Crippen molar-refractivity contribution in [3.63, 3.8) is 0 Å². The third kappa shape index (κ3) is 4.94. The van der Waals surface area contributed by atoms with Crippen LogP contribution in [-0.2, 0) is 16.6 Å². The minimum atomic E-state index is -3.48. The molecule has 0 fully saturated rings. The van der Waals surface area contributed by atoms with Crippen molar-refractivity contribution >= 4 is 10.0 Å². The maximum Gasteiger partial charge on any atom is 0.244 e. The van der Waals surface area contributed by atoms with Gasteiger partial charge < -0.3 is 14.6 Å². The third-order valence-electron chi connectivity index (χ3n) is 2.64. The quantitative estimate of drug-likeness (QED) is 0.683. The van der Waals surface area contributed by atoms with Gasteiger partial charge in [-0.05, 0) is 41.0 Å². The van der Waals surface area contributed by atoms with Crippen LogP contribution in [0.1, 0.15) is 17.9 Å². The Hall–Kier alpha value is -0.890. The van der Waals surface area contributed by atoms with Crippen LogP contribution in [0.3, 0.4) is 0 Å². The lowest BCUT2D eigenvalue weighted by Crippen LogP contribution is -2.27. The Kier molecular flexibility index (Phi) is 5.99. The minimum Gasteiger partial charge on any atom is -0.464 e. The van der Waals surface area contributed by atoms with E-state index in [0.717, 1.165) is 13.0 Å². The monoisotopic (exact) mass is 289 g/mol. The number of sulfonamides is 1. The van der Waals surface area contributed by atoms with Crippen LogP contribution >= 0.6 is 0 Å². The molecule has 0 spiro atoms. The first kappa shape index (κ1) is 16.2. The highest BCUT2D eigenvalue weighted by Gasteiger charge is 2.20. The lowest BCUT2D eigenvalue weighted by atomic mass is 10.4. The highest BCUT2D eigenvalue weighted by molar-refractivity contribution is 7.89. The minimum absolute atomic E-state index is 0.225. The summed E-state index contributed by atoms with van der Waals surface area (Å²) in [5.74, 6) is 1.04. The van der Waals surface area contributed by atoms with Crippen LogP contribution in [0.25, 0.3) is 0 Å². The molecule has 0 aromatic carbocycles. The molecule has 19 heavy (non-hydrogen) atoms. The van der Waals surface area contributed by atoms with E-state index in [4.69, 9.17) is 4.42 Å². The first-order valence-corrected chi connectivity index (χ1v) is 7.73. The summed E-state index contributed by atoms with van der Waals surface area (Å²) in [5, 5.41) is 2.93. The number of hydrogen-bond acceptors (Lipinski definition) is 5. The normalized spacial score (nSPS) is 12.3. The SMILES string of the molecule is CNCc1cc(S(=O)(=O)NCCCN(C)C)c(C)o1. The van der Waals surface area contributed by atoms with Gasteiger partial charge in [0.1, 0.15) is 16.4 Å². The highest BCUT2D eigenvalue weighted by atomic mass is 32.2. The Morgan fingerprint density at radius 1 is 1.37 bits per heavy atom. The second kappa shape index (κ2) is 7.04. The number of furan rings is 1. The largest absolute Gasteiger partial charge is 0.464 e. The van der Waals surface area contributed by atoms with E-state index in [0.29, 0.717) is 24.6 Å². The van der Waals surface area contributed by atoms with Gasteiger partial charge in [0.15, 0.2) is 0 Å². The summed E-state index contributed by atoms with van der Waals surface area (Å²) in [6.45, 7) is 3.44. The summed E-state index contributed by atoms with van der Waals surface area (Å²) < 4.78 is 32.2. The van der Waals surface area contributed by atoms with E-state index in [-0.39, 0.29) is 4.90 Å². The fraction of sp³-hybridized carbons (Fsp3) is 0.667. The first-order chi connectivity index (χ1) is 8.86. The van der Waals surface area contributed by atoms with Crippen LogP contribution < -0.4 is 10.0 Å². The molecule has 1 heterocycles. The van der Waals surface area contributed by atoms with E-state index >= 15 is 0 Å². The molecular weight excluding hydrogens is 266 g/mol. The van der Waals surface area contributed by atoms with E-state index in [9.17, 15) is 8.42 Å². The molecule has 1 aromatic heterocycles. The van der Waals surface area contributed by atoms with E-state index in [1.165, 1.54) is 0 Å². The Morgan fingerprint density at radius 2 is 2.05 bits per heavy atom. The Labute approximate surface area is 115 Å². The zero-order valence-corrected chi connectivity index (χ0v) is 12.8. The number of rotatable bonds is 8. The van der Waals surface area contributed by atoms with E-state index in [2.05, 4.69) is 10.0 Å². The standard InChI is InChI=1S/C12H23N3O3S/c1-10-12(8-11(18-10)9-13-2)19(16,17)14-6-5-7-15(3)4/h8,13-14H,5-7,9H2,1-4H3. The van der Waals surface area contributed by atoms with Gasteiger partial charge in [0.25, 0.3) is 0 Å². The summed E-state index contributed by atoms with van der Waals surface area (Å²) in [5.41, 5.74) is 0. The van der Waals surface area contributed by atoms with Crippen molar-refractivity contribution in [3.8, 4) is 0 Å². The van der Waals surface area contributed by atoms with Crippen LogP contribution in [-0.4, -0.2) is 47.6 Å². The maximum absolute atomic E-state index is 12.1. The predicted octanol–water partition coefficient (Wildman–Crippen LogP) is 0.537. The van der Waals surface area contributed by atoms with E-state index in [1.54, 1.807) is 20.0 Å². The lowest BCUT2D eigenvalue weighted by molar-refractivity contribution is 0.400. The van der Waals surface area contributed by atoms with Crippen molar-refractivity contribution in [2.24, 2.45) is 0 Å². The molecule has 0 unspecified atom stereocenters. The number of aryl methyl sites for hydroxylation is 1. The van der Waals surface area contributed by atoms with Crippen molar-refractivity contribution in [2.45, 2.75) is 24.8 Å². The van der Waals surface area contributed by atoms with Crippen LogP contribution in [0.15, 0.2) is 15.4 Å². The average molecular weight is 289 g/mol. The summed E-state index contributed by atoms with van der Waals surface area (Å²) in [4.78, 5) is 2.24. The molecule has 110 valence electrons. The number of hydrogen-bond donors (Lipinski definition) is 2. The van der Waals surface area contributed by atoms with Crippen molar-refractivity contribution in [1.29, 1.82) is 0 Å². The first-order valence-electron chi connectivity index (χ1n) is 6.25. The zero-order valence-electron chi connectivity index (χ0n) is 12.0. The zero-order chi connectivity index (χ0) is 14.5. The van der Waals surface area contributed by atoms with E-state index in [1.807, 2.05) is 19.0 Å². The van der Waals surface area contributed by atoms with Crippen LogP contribution in [0.4, 0.5) is 0 Å². The van der Waals surface area contributed by atoms with Gasteiger partial charge in [-0.15, -0.1) is 0 Å². The van der Waals surface area contributed by atoms with Gasteiger partial charge >= 0.3 is 0 Å². The van der Waals surface area contributed by atoms with Gasteiger partial charge in [-0.2, -0.15) is 0 Å². The molecule has 0 aliphatic heterocycles. The second-order valence-electron chi connectivity index (χ2n) is 4.72. The molecule has 0 saturated carbocycles. The van der Waals surface area contributed by atoms with Crippen LogP contribution in [0.2, 0.25) is 0 Å². The summed E-state index contributed by atoms with van der Waals surface area (Å²) in [7, 11) is 2.22. The molecule has 0 aliphatic carbocycles. The number of nitrogens with one attached hydrogen (secondary N) is 2. The molecule has 6 nitrogen and oxygen atoms in total. The summed E-state index contributed by atoms with van der Waals surface area (Å²) in [6, 6.07) is 1.57. The van der Waals surface area contributed by atoms with Crippen molar-refractivity contribution < 1.29 is 12.8 Å². The molecular formula is C12H23N3O3S. The van der Waals surface area contributed by atoms with Gasteiger partial charge in [-0.1, -0.05) is 0 Å². The summed E-state index contributed by atoms with van der Waals surface area (Å²) >= 11 is 0. The molecule has 0 saturated heterocycles. The molecule has 0 radical (unpaired) electrons. The molecule has 7 heteroatoms. The molecule has 0 atom stereocenters. The molecule has 0 bridgehead atoms. The van der Waals surface area contributed by atoms with Gasteiger partial charge in [0.05, 0.1) is 6.54 Å². The molecule has 0 aliphatic rings. The van der Waals surface area contributed by atoms with Gasteiger partial charge in [-0.3, -0.25) is 0 Å². The van der Waals surface area contributed by atoms with Crippen LogP contribution in [0, 0.1) is 6.92 Å². The third-order valence-corrected chi connectivity index (χ3v) is 4.21. The Bertz CT molecular complexity index is 494.